The van der Waals surface area contributed by atoms with Crippen LogP contribution in [0.3, 0.4) is 0 Å². The summed E-state index contributed by atoms with van der Waals surface area (Å²) in [5.74, 6) is 0.0238. The van der Waals surface area contributed by atoms with E-state index < -0.39 is 0 Å². The molecule has 1 aliphatic heterocycles. The first-order chi connectivity index (χ1) is 9.65. The number of hydrogen-bond donors (Lipinski definition) is 3. The summed E-state index contributed by atoms with van der Waals surface area (Å²) in [5, 5.41) is 17.2. The van der Waals surface area contributed by atoms with Crippen molar-refractivity contribution in [3.05, 3.63) is 24.2 Å². The Bertz CT molecular complexity index is 637. The molecule has 0 spiro atoms. The van der Waals surface area contributed by atoms with Gasteiger partial charge < -0.3 is 15.4 Å². The van der Waals surface area contributed by atoms with Crippen molar-refractivity contribution < 1.29 is 5.11 Å². The minimum absolute atomic E-state index is 0.0238. The fourth-order valence-corrected chi connectivity index (χ4v) is 2.65. The third-order valence-corrected chi connectivity index (χ3v) is 3.71. The van der Waals surface area contributed by atoms with Crippen molar-refractivity contribution in [1.29, 1.82) is 5.41 Å². The molecule has 2 aromatic rings. The second-order valence-electron chi connectivity index (χ2n) is 5.13. The van der Waals surface area contributed by atoms with Crippen molar-refractivity contribution in [2.45, 2.75) is 19.1 Å². The molecule has 0 saturated carbocycles. The van der Waals surface area contributed by atoms with Crippen molar-refractivity contribution in [2.75, 3.05) is 19.6 Å². The van der Waals surface area contributed by atoms with Crippen LogP contribution >= 0.6 is 0 Å². The molecule has 0 radical (unpaired) electrons. The van der Waals surface area contributed by atoms with Crippen LogP contribution in [0.5, 0.6) is 0 Å². The quantitative estimate of drug-likeness (QED) is 0.528. The summed E-state index contributed by atoms with van der Waals surface area (Å²) in [5.41, 5.74) is 7.69. The normalized spacial score (nSPS) is 19.8. The average Bonchev–Trinajstić information content (AvgIpc) is 3.02. The van der Waals surface area contributed by atoms with E-state index in [9.17, 15) is 5.11 Å². The highest BCUT2D eigenvalue weighted by Crippen LogP contribution is 2.16. The molecule has 1 atom stereocenters. The number of likely N-dealkylation sites (tertiary alicyclic amines) is 1. The number of imidazole rings is 1. The number of nitrogens with one attached hydrogen (secondary N) is 1. The molecule has 1 unspecified atom stereocenters. The molecule has 106 valence electrons. The Morgan fingerprint density at radius 3 is 3.00 bits per heavy atom. The van der Waals surface area contributed by atoms with Crippen molar-refractivity contribution >= 4 is 17.0 Å². The van der Waals surface area contributed by atoms with E-state index in [0.717, 1.165) is 38.1 Å². The number of pyridine rings is 1. The number of nitrogens with two attached hydrogens (primary N) is 1. The van der Waals surface area contributed by atoms with Gasteiger partial charge in [0.25, 0.3) is 0 Å². The van der Waals surface area contributed by atoms with Gasteiger partial charge in [0.05, 0.1) is 17.9 Å². The van der Waals surface area contributed by atoms with Gasteiger partial charge in [-0.15, -0.1) is 0 Å². The summed E-state index contributed by atoms with van der Waals surface area (Å²) < 4.78 is 1.98. The number of nitrogens with zero attached hydrogens (tertiary/aromatic N) is 4. The second kappa shape index (κ2) is 5.18. The van der Waals surface area contributed by atoms with E-state index in [1.165, 1.54) is 0 Å². The van der Waals surface area contributed by atoms with Crippen LogP contribution in [0.4, 0.5) is 0 Å². The lowest BCUT2D eigenvalue weighted by Gasteiger charge is -2.15. The molecular weight excluding hydrogens is 256 g/mol. The van der Waals surface area contributed by atoms with Gasteiger partial charge in [-0.3, -0.25) is 10.3 Å². The van der Waals surface area contributed by atoms with Gasteiger partial charge in [-0.1, -0.05) is 0 Å². The number of aliphatic hydroxyl groups excluding tert-OH is 1. The molecule has 0 aromatic carbocycles. The monoisotopic (exact) mass is 274 g/mol. The number of aliphatic hydroxyl groups is 1. The molecule has 7 nitrogen and oxygen atoms in total. The molecule has 2 aromatic heterocycles. The van der Waals surface area contributed by atoms with Crippen LogP contribution in [0, 0.1) is 5.41 Å². The fourth-order valence-electron chi connectivity index (χ4n) is 2.65. The molecule has 1 aliphatic rings. The Morgan fingerprint density at radius 2 is 2.30 bits per heavy atom. The Morgan fingerprint density at radius 1 is 1.45 bits per heavy atom. The van der Waals surface area contributed by atoms with E-state index in [-0.39, 0.29) is 11.9 Å². The van der Waals surface area contributed by atoms with Crippen molar-refractivity contribution in [1.82, 2.24) is 19.4 Å². The molecule has 3 rings (SSSR count). The Kier molecular flexibility index (Phi) is 3.37. The molecular formula is C13H18N6O. The van der Waals surface area contributed by atoms with Gasteiger partial charge in [-0.2, -0.15) is 0 Å². The third kappa shape index (κ3) is 2.37. The minimum Gasteiger partial charge on any atom is -0.392 e. The zero-order valence-electron chi connectivity index (χ0n) is 11.2. The van der Waals surface area contributed by atoms with E-state index >= 15 is 0 Å². The number of aromatic nitrogens is 3. The topological polar surface area (TPSA) is 104 Å². The fraction of sp³-hybridized carbons (Fsp3) is 0.462. The van der Waals surface area contributed by atoms with E-state index in [1.54, 1.807) is 18.6 Å². The lowest BCUT2D eigenvalue weighted by atomic mass is 10.2. The highest BCUT2D eigenvalue weighted by molar-refractivity contribution is 6.04. The maximum absolute atomic E-state index is 9.53. The maximum Gasteiger partial charge on any atom is 0.178 e. The first-order valence-corrected chi connectivity index (χ1v) is 6.70. The predicted molar refractivity (Wildman–Crippen MR) is 75.6 cm³/mol. The van der Waals surface area contributed by atoms with Crippen LogP contribution in [0.2, 0.25) is 0 Å². The molecule has 3 heterocycles. The smallest absolute Gasteiger partial charge is 0.178 e. The standard InChI is InChI=1S/C13H18N6O/c14-12(15)10-1-3-16-13-11(10)19(8-17-13)6-5-18-4-2-9(20)7-18/h1,3,8-9,20H,2,4-7H2,(H3,14,15). The van der Waals surface area contributed by atoms with Gasteiger partial charge in [0.15, 0.2) is 5.65 Å². The van der Waals surface area contributed by atoms with Crippen LogP contribution in [-0.4, -0.2) is 56.1 Å². The van der Waals surface area contributed by atoms with E-state index in [1.807, 2.05) is 4.57 Å². The highest BCUT2D eigenvalue weighted by atomic mass is 16.3. The van der Waals surface area contributed by atoms with Crippen LogP contribution in [0.15, 0.2) is 18.6 Å². The molecule has 7 heteroatoms. The number of nitrogen functional groups attached to an aromatic ring is 1. The zero-order chi connectivity index (χ0) is 14.1. The van der Waals surface area contributed by atoms with Crippen molar-refractivity contribution in [3.8, 4) is 0 Å². The molecule has 0 bridgehead atoms. The van der Waals surface area contributed by atoms with E-state index in [2.05, 4.69) is 14.9 Å². The average molecular weight is 274 g/mol. The Balaban J connectivity index is 1.83. The van der Waals surface area contributed by atoms with Gasteiger partial charge >= 0.3 is 0 Å². The molecule has 20 heavy (non-hydrogen) atoms. The number of amidine groups is 1. The van der Waals surface area contributed by atoms with Crippen molar-refractivity contribution in [2.24, 2.45) is 5.73 Å². The van der Waals surface area contributed by atoms with Gasteiger partial charge in [-0.05, 0) is 12.5 Å². The summed E-state index contributed by atoms with van der Waals surface area (Å²) >= 11 is 0. The summed E-state index contributed by atoms with van der Waals surface area (Å²) in [6.45, 7) is 3.24. The molecule has 0 aliphatic carbocycles. The molecule has 1 fully saturated rings. The second-order valence-corrected chi connectivity index (χ2v) is 5.13. The number of hydrogen-bond acceptors (Lipinski definition) is 5. The Hall–Kier alpha value is -1.99. The highest BCUT2D eigenvalue weighted by Gasteiger charge is 2.20. The SMILES string of the molecule is N=C(N)c1ccnc2ncn(CCN3CCC(O)C3)c12. The van der Waals surface area contributed by atoms with Gasteiger partial charge in [0, 0.05) is 37.9 Å². The van der Waals surface area contributed by atoms with E-state index in [0.29, 0.717) is 11.2 Å². The van der Waals surface area contributed by atoms with Gasteiger partial charge in [0.2, 0.25) is 0 Å². The van der Waals surface area contributed by atoms with Gasteiger partial charge in [-0.25, -0.2) is 9.97 Å². The first kappa shape index (κ1) is 13.0. The van der Waals surface area contributed by atoms with E-state index in [4.69, 9.17) is 11.1 Å². The van der Waals surface area contributed by atoms with Crippen LogP contribution in [0.25, 0.3) is 11.2 Å². The molecule has 1 saturated heterocycles. The largest absolute Gasteiger partial charge is 0.392 e. The summed E-state index contributed by atoms with van der Waals surface area (Å²) in [6.07, 6.45) is 3.98. The molecule has 0 amide bonds. The Labute approximate surface area is 116 Å². The summed E-state index contributed by atoms with van der Waals surface area (Å²) in [6, 6.07) is 1.74. The number of β-amino-alcohol motifs (C(OH)–C–C–N with tert-alkyl or cyclic N) is 1. The van der Waals surface area contributed by atoms with Crippen LogP contribution in [0.1, 0.15) is 12.0 Å². The summed E-state index contributed by atoms with van der Waals surface area (Å²) in [4.78, 5) is 10.7. The first-order valence-electron chi connectivity index (χ1n) is 6.70. The van der Waals surface area contributed by atoms with Crippen molar-refractivity contribution in [3.63, 3.8) is 0 Å². The number of rotatable bonds is 4. The van der Waals surface area contributed by atoms with Crippen LogP contribution in [-0.2, 0) is 6.54 Å². The predicted octanol–water partition coefficient (Wildman–Crippen LogP) is -0.218. The third-order valence-electron chi connectivity index (χ3n) is 3.71. The van der Waals surface area contributed by atoms with Gasteiger partial charge in [0.1, 0.15) is 5.84 Å². The lowest BCUT2D eigenvalue weighted by molar-refractivity contribution is 0.175. The minimum atomic E-state index is -0.205. The van der Waals surface area contributed by atoms with Crippen LogP contribution < -0.4 is 5.73 Å². The summed E-state index contributed by atoms with van der Waals surface area (Å²) in [7, 11) is 0. The maximum atomic E-state index is 9.53. The number of fused-ring (bicyclic) bond motifs is 1. The zero-order valence-corrected chi connectivity index (χ0v) is 11.2. The molecule has 4 N–H and O–H groups in total. The lowest BCUT2D eigenvalue weighted by Crippen LogP contribution is -2.26.